The topological polar surface area (TPSA) is 26.0 Å². The van der Waals surface area contributed by atoms with E-state index in [2.05, 4.69) is 12.1 Å². The molecule has 0 radical (unpaired) electrons. The first-order chi connectivity index (χ1) is 5.43. The lowest BCUT2D eigenvalue weighted by Crippen LogP contribution is -1.78. The maximum absolute atomic E-state index is 5.20. The number of benzene rings is 1. The van der Waals surface area contributed by atoms with Crippen LogP contribution in [0.5, 0.6) is 0 Å². The molecular weight excluding hydrogens is 154 g/mol. The van der Waals surface area contributed by atoms with Crippen molar-refractivity contribution in [2.24, 2.45) is 5.73 Å². The summed E-state index contributed by atoms with van der Waals surface area (Å²) in [6.07, 6.45) is 3.52. The number of thioether (sulfide) groups is 1. The van der Waals surface area contributed by atoms with Crippen LogP contribution in [0, 0.1) is 0 Å². The van der Waals surface area contributed by atoms with Gasteiger partial charge in [0.05, 0.1) is 0 Å². The van der Waals surface area contributed by atoms with Crippen LogP contribution in [0.4, 0.5) is 0 Å². The molecule has 0 bridgehead atoms. The summed E-state index contributed by atoms with van der Waals surface area (Å²) in [7, 11) is 0. The molecule has 0 aliphatic rings. The first-order valence-corrected chi connectivity index (χ1v) is 4.46. The molecule has 11 heavy (non-hydrogen) atoms. The van der Waals surface area contributed by atoms with E-state index in [1.165, 1.54) is 4.90 Å². The largest absolute Gasteiger partial charge is 0.405 e. The summed E-state index contributed by atoms with van der Waals surface area (Å²) in [5, 5.41) is 0. The second-order valence-electron chi connectivity index (χ2n) is 2.05. The quantitative estimate of drug-likeness (QED) is 0.695. The van der Waals surface area contributed by atoms with Gasteiger partial charge in [-0.3, -0.25) is 0 Å². The predicted molar refractivity (Wildman–Crippen MR) is 50.5 cm³/mol. The van der Waals surface area contributed by atoms with Crippen molar-refractivity contribution < 1.29 is 0 Å². The van der Waals surface area contributed by atoms with Gasteiger partial charge in [0, 0.05) is 10.6 Å². The Kier molecular flexibility index (Phi) is 3.62. The van der Waals surface area contributed by atoms with Gasteiger partial charge in [-0.1, -0.05) is 24.3 Å². The fraction of sp³-hybridized carbons (Fsp3) is 0.111. The van der Waals surface area contributed by atoms with E-state index in [4.69, 9.17) is 5.73 Å². The average molecular weight is 165 g/mol. The molecule has 0 aliphatic heterocycles. The summed E-state index contributed by atoms with van der Waals surface area (Å²) in [6.45, 7) is 0. The van der Waals surface area contributed by atoms with Crippen LogP contribution in [-0.2, 0) is 0 Å². The van der Waals surface area contributed by atoms with Gasteiger partial charge >= 0.3 is 0 Å². The van der Waals surface area contributed by atoms with E-state index >= 15 is 0 Å². The van der Waals surface area contributed by atoms with Crippen molar-refractivity contribution in [2.45, 2.75) is 4.90 Å². The first-order valence-electron chi connectivity index (χ1n) is 3.48. The van der Waals surface area contributed by atoms with E-state index in [1.54, 1.807) is 18.0 Å². The molecule has 0 unspecified atom stereocenters. The maximum atomic E-state index is 5.20. The van der Waals surface area contributed by atoms with E-state index < -0.39 is 0 Å². The van der Waals surface area contributed by atoms with Gasteiger partial charge in [0.1, 0.15) is 0 Å². The monoisotopic (exact) mass is 165 g/mol. The highest BCUT2D eigenvalue weighted by molar-refractivity contribution is 7.99. The summed E-state index contributed by atoms with van der Waals surface area (Å²) in [6, 6.07) is 10.3. The van der Waals surface area contributed by atoms with Crippen LogP contribution in [0.3, 0.4) is 0 Å². The summed E-state index contributed by atoms with van der Waals surface area (Å²) in [5.41, 5.74) is 5.20. The summed E-state index contributed by atoms with van der Waals surface area (Å²) in [4.78, 5) is 1.28. The van der Waals surface area contributed by atoms with Crippen molar-refractivity contribution in [2.75, 3.05) is 5.75 Å². The molecule has 1 aromatic carbocycles. The Balaban J connectivity index is 2.39. The van der Waals surface area contributed by atoms with Crippen LogP contribution in [0.15, 0.2) is 47.5 Å². The third-order valence-electron chi connectivity index (χ3n) is 1.23. The standard InChI is InChI=1S/C9H11NS/c10-7-4-8-11-9-5-2-1-3-6-9/h1-7H,8,10H2. The molecule has 0 aliphatic carbocycles. The van der Waals surface area contributed by atoms with E-state index in [9.17, 15) is 0 Å². The number of hydrogen-bond acceptors (Lipinski definition) is 2. The Bertz CT molecular complexity index is 218. The van der Waals surface area contributed by atoms with Gasteiger partial charge in [-0.05, 0) is 18.3 Å². The van der Waals surface area contributed by atoms with Crippen molar-refractivity contribution in [1.29, 1.82) is 0 Å². The summed E-state index contributed by atoms with van der Waals surface area (Å²) < 4.78 is 0. The SMILES string of the molecule is NC=CCSc1ccccc1. The Morgan fingerprint density at radius 3 is 2.64 bits per heavy atom. The summed E-state index contributed by atoms with van der Waals surface area (Å²) in [5.74, 6) is 0.945. The van der Waals surface area contributed by atoms with E-state index in [0.29, 0.717) is 0 Å². The van der Waals surface area contributed by atoms with Gasteiger partial charge < -0.3 is 5.73 Å². The number of rotatable bonds is 3. The van der Waals surface area contributed by atoms with Crippen molar-refractivity contribution in [3.63, 3.8) is 0 Å². The predicted octanol–water partition coefficient (Wildman–Crippen LogP) is 2.25. The zero-order valence-electron chi connectivity index (χ0n) is 6.23. The molecule has 2 heteroatoms. The van der Waals surface area contributed by atoms with Crippen molar-refractivity contribution in [1.82, 2.24) is 0 Å². The second-order valence-corrected chi connectivity index (χ2v) is 3.15. The number of hydrogen-bond donors (Lipinski definition) is 1. The zero-order valence-corrected chi connectivity index (χ0v) is 7.05. The Hall–Kier alpha value is -0.890. The van der Waals surface area contributed by atoms with Crippen LogP contribution in [-0.4, -0.2) is 5.75 Å². The van der Waals surface area contributed by atoms with Crippen LogP contribution >= 0.6 is 11.8 Å². The second kappa shape index (κ2) is 4.85. The van der Waals surface area contributed by atoms with Crippen LogP contribution in [0.2, 0.25) is 0 Å². The molecule has 58 valence electrons. The van der Waals surface area contributed by atoms with Crippen LogP contribution in [0.1, 0.15) is 0 Å². The van der Waals surface area contributed by atoms with E-state index in [1.807, 2.05) is 24.3 Å². The molecule has 0 spiro atoms. The Labute approximate surface area is 71.3 Å². The maximum Gasteiger partial charge on any atom is 0.0177 e. The van der Waals surface area contributed by atoms with Crippen LogP contribution < -0.4 is 5.73 Å². The summed E-state index contributed by atoms with van der Waals surface area (Å²) >= 11 is 1.78. The number of nitrogens with two attached hydrogens (primary N) is 1. The lowest BCUT2D eigenvalue weighted by atomic mass is 10.4. The minimum absolute atomic E-state index is 0.945. The molecule has 0 atom stereocenters. The minimum Gasteiger partial charge on any atom is -0.405 e. The highest BCUT2D eigenvalue weighted by atomic mass is 32.2. The molecule has 0 amide bonds. The van der Waals surface area contributed by atoms with Crippen molar-refractivity contribution in [3.8, 4) is 0 Å². The highest BCUT2D eigenvalue weighted by Crippen LogP contribution is 2.16. The normalized spacial score (nSPS) is 10.5. The molecule has 0 heterocycles. The van der Waals surface area contributed by atoms with Gasteiger partial charge in [0.25, 0.3) is 0 Å². The minimum atomic E-state index is 0.945. The average Bonchev–Trinajstić information content (AvgIpc) is 2.07. The van der Waals surface area contributed by atoms with Gasteiger partial charge in [0.15, 0.2) is 0 Å². The molecule has 0 fully saturated rings. The third kappa shape index (κ3) is 3.14. The first kappa shape index (κ1) is 8.21. The van der Waals surface area contributed by atoms with Gasteiger partial charge in [0.2, 0.25) is 0 Å². The van der Waals surface area contributed by atoms with Gasteiger partial charge in [-0.2, -0.15) is 0 Å². The molecule has 2 N–H and O–H groups in total. The van der Waals surface area contributed by atoms with Crippen LogP contribution in [0.25, 0.3) is 0 Å². The van der Waals surface area contributed by atoms with Gasteiger partial charge in [-0.25, -0.2) is 0 Å². The molecule has 1 nitrogen and oxygen atoms in total. The highest BCUT2D eigenvalue weighted by Gasteiger charge is 1.86. The molecule has 0 saturated carbocycles. The lowest BCUT2D eigenvalue weighted by Gasteiger charge is -1.94. The zero-order chi connectivity index (χ0) is 7.94. The van der Waals surface area contributed by atoms with Gasteiger partial charge in [-0.15, -0.1) is 11.8 Å². The van der Waals surface area contributed by atoms with Crippen molar-refractivity contribution >= 4 is 11.8 Å². The molecule has 0 saturated heterocycles. The fourth-order valence-electron chi connectivity index (χ4n) is 0.717. The molecule has 1 aromatic rings. The molecule has 0 aromatic heterocycles. The fourth-order valence-corrected chi connectivity index (χ4v) is 1.47. The van der Waals surface area contributed by atoms with E-state index in [0.717, 1.165) is 5.75 Å². The van der Waals surface area contributed by atoms with Crippen molar-refractivity contribution in [3.05, 3.63) is 42.6 Å². The molecule has 1 rings (SSSR count). The molecular formula is C9H11NS. The third-order valence-corrected chi connectivity index (χ3v) is 2.19. The Morgan fingerprint density at radius 1 is 1.27 bits per heavy atom. The van der Waals surface area contributed by atoms with E-state index in [-0.39, 0.29) is 0 Å². The smallest absolute Gasteiger partial charge is 0.0177 e. The Morgan fingerprint density at radius 2 is 2.00 bits per heavy atom. The lowest BCUT2D eigenvalue weighted by molar-refractivity contribution is 1.45.